The van der Waals surface area contributed by atoms with E-state index in [9.17, 15) is 0 Å². The van der Waals surface area contributed by atoms with Crippen molar-refractivity contribution in [3.63, 3.8) is 0 Å². The fraction of sp³-hybridized carbons (Fsp3) is 0.778. The normalized spacial score (nSPS) is 19.7. The Balaban J connectivity index is 0.00000120. The Bertz CT molecular complexity index is 1090. The van der Waals surface area contributed by atoms with Crippen molar-refractivity contribution in [2.24, 2.45) is 0 Å². The third kappa shape index (κ3) is 30.2. The third-order valence-corrected chi connectivity index (χ3v) is 19.9. The molecule has 0 spiro atoms. The summed E-state index contributed by atoms with van der Waals surface area (Å²) >= 11 is 16.2. The number of thioether (sulfide) groups is 6. The van der Waals surface area contributed by atoms with Crippen LogP contribution in [0.25, 0.3) is 0 Å². The third-order valence-electron chi connectivity index (χ3n) is 12.8. The molecule has 15 heteroatoms. The van der Waals surface area contributed by atoms with Crippen molar-refractivity contribution in [3.05, 3.63) is 75.9 Å². The predicted octanol–water partition coefficient (Wildman–Crippen LogP) is 11.8. The lowest BCUT2D eigenvalue weighted by atomic mass is 10.3. The highest BCUT2D eigenvalue weighted by Gasteiger charge is 2.59. The standard InChI is InChI=1S/C27H57N3S6.C21H33N3.C6H16OSSi/c1-31-19-7-13-28(14-8-20-32-2)25-26(29(15-9-21-33-3)16-10-22-34-4)27(25)30(17-11-23-35-5)18-12-24-36-6;1-7-13-22(14-8-2)19-20(23(15-9-3)16-10-4)21(19)24(17-11-5)18-12-6;1-7-9(2,3)6-4-5-8/h25-27H,7-24H2,1-6H3;7-12,19-21H,1-6,13-18H2;8H,4-6H2,1-3H3. The molecule has 0 aromatic carbocycles. The van der Waals surface area contributed by atoms with Crippen molar-refractivity contribution in [1.29, 1.82) is 0 Å². The molecule has 69 heavy (non-hydrogen) atoms. The van der Waals surface area contributed by atoms with E-state index in [1.165, 1.54) is 125 Å². The first kappa shape index (κ1) is 69.8. The summed E-state index contributed by atoms with van der Waals surface area (Å²) in [7, 11) is 0.563. The minimum absolute atomic E-state index is 0.431. The van der Waals surface area contributed by atoms with Gasteiger partial charge >= 0.3 is 0 Å². The van der Waals surface area contributed by atoms with Gasteiger partial charge in [0.05, 0.1) is 0 Å². The zero-order valence-electron chi connectivity index (χ0n) is 45.8. The molecule has 0 amide bonds. The molecule has 0 atom stereocenters. The van der Waals surface area contributed by atoms with Gasteiger partial charge in [-0.2, -0.15) is 83.2 Å². The van der Waals surface area contributed by atoms with Crippen LogP contribution in [0.4, 0.5) is 0 Å². The van der Waals surface area contributed by atoms with Gasteiger partial charge in [0.15, 0.2) is 8.32 Å². The van der Waals surface area contributed by atoms with Gasteiger partial charge in [-0.1, -0.05) is 36.5 Å². The van der Waals surface area contributed by atoms with Crippen molar-refractivity contribution in [1.82, 2.24) is 29.4 Å². The van der Waals surface area contributed by atoms with Crippen LogP contribution in [0.2, 0.25) is 19.1 Å². The quantitative estimate of drug-likeness (QED) is 0.0272. The fourth-order valence-corrected chi connectivity index (χ4v) is 13.6. The maximum atomic E-state index is 5.34. The molecular formula is C54H106N6OS7Si. The Kier molecular flexibility index (Phi) is 46.7. The van der Waals surface area contributed by atoms with Crippen LogP contribution < -0.4 is 0 Å². The van der Waals surface area contributed by atoms with Crippen LogP contribution in [0.1, 0.15) is 44.9 Å². The molecule has 0 N–H and O–H groups in total. The summed E-state index contributed by atoms with van der Waals surface area (Å²) in [5.74, 6) is 8.72. The van der Waals surface area contributed by atoms with Crippen molar-refractivity contribution >= 4 is 91.5 Å². The first-order valence-corrected chi connectivity index (χ1v) is 37.8. The van der Waals surface area contributed by atoms with Crippen LogP contribution in [0, 0.1) is 0 Å². The number of hydrogen-bond acceptors (Lipinski definition) is 14. The van der Waals surface area contributed by atoms with Crippen LogP contribution in [-0.4, -0.2) is 237 Å². The molecule has 0 aromatic heterocycles. The van der Waals surface area contributed by atoms with Gasteiger partial charge in [0.25, 0.3) is 0 Å². The lowest BCUT2D eigenvalue weighted by Crippen LogP contribution is -2.37. The molecule has 2 aliphatic rings. The average Bonchev–Trinajstić information content (AvgIpc) is 4.27. The number of hydrogen-bond donors (Lipinski definition) is 1. The molecule has 0 saturated heterocycles. The van der Waals surface area contributed by atoms with Crippen molar-refractivity contribution in [2.75, 3.05) is 163 Å². The lowest BCUT2D eigenvalue weighted by molar-refractivity contribution is 0.200. The smallest absolute Gasteiger partial charge is 0.186 e. The lowest BCUT2D eigenvalue weighted by Gasteiger charge is -2.27. The van der Waals surface area contributed by atoms with Gasteiger partial charge in [-0.15, -0.1) is 39.5 Å². The van der Waals surface area contributed by atoms with E-state index >= 15 is 0 Å². The summed E-state index contributed by atoms with van der Waals surface area (Å²) < 4.78 is 5.34. The van der Waals surface area contributed by atoms with E-state index in [2.05, 4.69) is 132 Å². The van der Waals surface area contributed by atoms with E-state index in [-0.39, 0.29) is 0 Å². The van der Waals surface area contributed by atoms with E-state index in [4.69, 9.17) is 4.43 Å². The first-order valence-electron chi connectivity index (χ1n) is 25.7. The summed E-state index contributed by atoms with van der Waals surface area (Å²) in [4.78, 5) is 16.1. The molecule has 0 aliphatic heterocycles. The summed E-state index contributed by atoms with van der Waals surface area (Å²) in [5.41, 5.74) is 0. The Labute approximate surface area is 461 Å². The van der Waals surface area contributed by atoms with Crippen LogP contribution in [0.15, 0.2) is 75.9 Å². The molecule has 2 saturated carbocycles. The van der Waals surface area contributed by atoms with E-state index < -0.39 is 8.32 Å². The van der Waals surface area contributed by atoms with Gasteiger partial charge in [-0.3, -0.25) is 29.4 Å². The zero-order valence-corrected chi connectivity index (χ0v) is 52.5. The summed E-state index contributed by atoms with van der Waals surface area (Å²) in [6.07, 6.45) is 34.5. The number of nitrogens with zero attached hydrogens (tertiary/aromatic N) is 6. The molecule has 2 aliphatic carbocycles. The minimum atomic E-state index is -1.25. The zero-order chi connectivity index (χ0) is 51.7. The minimum Gasteiger partial charge on any atom is -0.420 e. The van der Waals surface area contributed by atoms with E-state index in [1.807, 2.05) is 114 Å². The van der Waals surface area contributed by atoms with Gasteiger partial charge in [-0.05, 0) is 181 Å². The number of rotatable bonds is 46. The largest absolute Gasteiger partial charge is 0.420 e. The molecular weight excluding hydrogens is 1000 g/mol. The van der Waals surface area contributed by atoms with Gasteiger partial charge in [-0.25, -0.2) is 0 Å². The highest BCUT2D eigenvalue weighted by molar-refractivity contribution is 7.99. The van der Waals surface area contributed by atoms with E-state index in [1.54, 1.807) is 0 Å². The van der Waals surface area contributed by atoms with Gasteiger partial charge in [0.1, 0.15) is 0 Å². The highest BCUT2D eigenvalue weighted by Crippen LogP contribution is 2.41. The Morgan fingerprint density at radius 2 is 0.594 bits per heavy atom. The summed E-state index contributed by atoms with van der Waals surface area (Å²) in [5, 5.41) is 0. The summed E-state index contributed by atoms with van der Waals surface area (Å²) in [6.45, 7) is 40.7. The second-order valence-electron chi connectivity index (χ2n) is 18.5. The second kappa shape index (κ2) is 46.2. The van der Waals surface area contributed by atoms with Crippen LogP contribution in [0.5, 0.6) is 0 Å². The van der Waals surface area contributed by atoms with Crippen LogP contribution in [0.3, 0.4) is 0 Å². The molecule has 0 unspecified atom stereocenters. The maximum Gasteiger partial charge on any atom is 0.186 e. The number of thiol groups is 1. The fourth-order valence-electron chi connectivity index (χ4n) is 9.38. The van der Waals surface area contributed by atoms with E-state index in [0.717, 1.165) is 63.1 Å². The van der Waals surface area contributed by atoms with E-state index in [0.29, 0.717) is 18.1 Å². The molecule has 2 rings (SSSR count). The van der Waals surface area contributed by atoms with Crippen molar-refractivity contribution in [3.8, 4) is 0 Å². The van der Waals surface area contributed by atoms with Gasteiger partial charge in [0, 0.05) is 82.6 Å². The van der Waals surface area contributed by atoms with Crippen molar-refractivity contribution in [2.45, 2.75) is 100 Å². The Morgan fingerprint density at radius 3 is 0.754 bits per heavy atom. The maximum absolute atomic E-state index is 5.34. The molecule has 0 aromatic rings. The molecule has 0 heterocycles. The SMILES string of the molecule is C=CCN(CC=C)C1C(N(CC=C)CC=C)C1N(CC=C)CC=C.CO[Si](C)(C)CCCS.CSCCCN(CCCSC)C1C(N(CCCSC)CCCSC)C1N(CCCSC)CCCSC. The highest BCUT2D eigenvalue weighted by atomic mass is 32.2. The monoisotopic (exact) mass is 1110 g/mol. The van der Waals surface area contributed by atoms with Gasteiger partial charge in [0.2, 0.25) is 0 Å². The Hall–Kier alpha value is 0.827. The predicted molar refractivity (Wildman–Crippen MR) is 339 cm³/mol. The average molecular weight is 1110 g/mol. The summed E-state index contributed by atoms with van der Waals surface area (Å²) in [6, 6.07) is 4.69. The van der Waals surface area contributed by atoms with Crippen LogP contribution in [-0.2, 0) is 4.43 Å². The topological polar surface area (TPSA) is 28.7 Å². The van der Waals surface area contributed by atoms with Crippen LogP contribution >= 0.6 is 83.2 Å². The van der Waals surface area contributed by atoms with Crippen molar-refractivity contribution < 1.29 is 4.43 Å². The first-order chi connectivity index (χ1) is 33.5. The molecule has 404 valence electrons. The van der Waals surface area contributed by atoms with Gasteiger partial charge < -0.3 is 4.43 Å². The molecule has 0 radical (unpaired) electrons. The molecule has 2 fully saturated rings. The Morgan fingerprint density at radius 1 is 0.391 bits per heavy atom. The molecule has 7 nitrogen and oxygen atoms in total. The molecule has 0 bridgehead atoms. The second-order valence-corrected chi connectivity index (χ2v) is 29.3.